The smallest absolute Gasteiger partial charge is 0.253 e. The van der Waals surface area contributed by atoms with Crippen LogP contribution in [0.25, 0.3) is 0 Å². The molecule has 0 radical (unpaired) electrons. The minimum absolute atomic E-state index is 0.167. The van der Waals surface area contributed by atoms with E-state index in [0.29, 0.717) is 55.8 Å². The van der Waals surface area contributed by atoms with E-state index in [1.807, 2.05) is 38.1 Å². The van der Waals surface area contributed by atoms with Gasteiger partial charge in [-0.25, -0.2) is 8.42 Å². The second-order valence-corrected chi connectivity index (χ2v) is 13.4. The summed E-state index contributed by atoms with van der Waals surface area (Å²) in [4.78, 5) is 30.6. The van der Waals surface area contributed by atoms with Crippen molar-refractivity contribution in [3.05, 3.63) is 88.2 Å². The van der Waals surface area contributed by atoms with Crippen LogP contribution in [0, 0.1) is 12.8 Å². The van der Waals surface area contributed by atoms with Gasteiger partial charge in [0.25, 0.3) is 5.91 Å². The van der Waals surface area contributed by atoms with Gasteiger partial charge in [0.2, 0.25) is 15.9 Å². The maximum Gasteiger partial charge on any atom is 0.253 e. The first kappa shape index (κ1) is 33.2. The van der Waals surface area contributed by atoms with Gasteiger partial charge in [-0.3, -0.25) is 14.6 Å². The summed E-state index contributed by atoms with van der Waals surface area (Å²) in [6.45, 7) is 6.92. The standard InChI is InChI=1S/C31H40BrN5O4S/c1-22(2)21-37(42(40,41)26-15-13-25(33)14-16-26)19-8-4-7-17-35-31(39)29(20-24-10-5-6-12-28(24)32)36-30(38)27-11-9-18-34-23(27)3/h5-6,9-16,18,22,29H,4,7-8,17,19-21,33H2,1-3H3,(H,35,39)(H,36,38)/t29-/m0/s1. The van der Waals surface area contributed by atoms with E-state index in [0.717, 1.165) is 16.5 Å². The number of sulfonamides is 1. The van der Waals surface area contributed by atoms with Gasteiger partial charge in [-0.2, -0.15) is 4.31 Å². The lowest BCUT2D eigenvalue weighted by Gasteiger charge is -2.24. The van der Waals surface area contributed by atoms with Gasteiger partial charge in [-0.05, 0) is 73.7 Å². The van der Waals surface area contributed by atoms with E-state index in [2.05, 4.69) is 31.5 Å². The molecule has 0 aliphatic rings. The molecule has 0 saturated carbocycles. The fourth-order valence-corrected chi connectivity index (χ4v) is 6.57. The van der Waals surface area contributed by atoms with Crippen LogP contribution in [0.3, 0.4) is 0 Å². The first-order chi connectivity index (χ1) is 20.0. The van der Waals surface area contributed by atoms with Gasteiger partial charge in [0.15, 0.2) is 0 Å². The number of unbranched alkanes of at least 4 members (excludes halogenated alkanes) is 2. The Morgan fingerprint density at radius 1 is 1.00 bits per heavy atom. The predicted molar refractivity (Wildman–Crippen MR) is 169 cm³/mol. The largest absolute Gasteiger partial charge is 0.399 e. The number of nitrogen functional groups attached to an aromatic ring is 1. The number of aromatic nitrogens is 1. The molecule has 42 heavy (non-hydrogen) atoms. The maximum absolute atomic E-state index is 13.2. The van der Waals surface area contributed by atoms with Gasteiger partial charge in [0, 0.05) is 48.1 Å². The molecule has 1 aromatic heterocycles. The monoisotopic (exact) mass is 657 g/mol. The summed E-state index contributed by atoms with van der Waals surface area (Å²) < 4.78 is 28.8. The zero-order chi connectivity index (χ0) is 30.7. The highest BCUT2D eigenvalue weighted by atomic mass is 79.9. The second-order valence-electron chi connectivity index (χ2n) is 10.6. The fourth-order valence-electron chi connectivity index (χ4n) is 4.48. The molecule has 0 unspecified atom stereocenters. The SMILES string of the molecule is Cc1ncccc1C(=O)N[C@@H](Cc1ccccc1Br)C(=O)NCCCCCN(CC(C)C)S(=O)(=O)c1ccc(N)cc1. The highest BCUT2D eigenvalue weighted by Gasteiger charge is 2.25. The van der Waals surface area contributed by atoms with Crippen LogP contribution in [0.4, 0.5) is 5.69 Å². The van der Waals surface area contributed by atoms with Gasteiger partial charge >= 0.3 is 0 Å². The number of aryl methyl sites for hydroxylation is 1. The van der Waals surface area contributed by atoms with Gasteiger partial charge in [0.1, 0.15) is 6.04 Å². The van der Waals surface area contributed by atoms with Gasteiger partial charge < -0.3 is 16.4 Å². The Bertz CT molecular complexity index is 1450. The first-order valence-electron chi connectivity index (χ1n) is 14.1. The van der Waals surface area contributed by atoms with Gasteiger partial charge in [0.05, 0.1) is 10.5 Å². The molecule has 2 amide bonds. The highest BCUT2D eigenvalue weighted by molar-refractivity contribution is 9.10. The Morgan fingerprint density at radius 3 is 2.38 bits per heavy atom. The summed E-state index contributed by atoms with van der Waals surface area (Å²) >= 11 is 3.53. The minimum atomic E-state index is -3.64. The van der Waals surface area contributed by atoms with Crippen LogP contribution >= 0.6 is 15.9 Å². The Kier molecular flexibility index (Phi) is 12.5. The number of amides is 2. The molecule has 0 aliphatic carbocycles. The molecule has 11 heteroatoms. The molecule has 0 aliphatic heterocycles. The van der Waals surface area contributed by atoms with Crippen LogP contribution in [0.15, 0.2) is 76.2 Å². The lowest BCUT2D eigenvalue weighted by atomic mass is 10.0. The Balaban J connectivity index is 1.57. The maximum atomic E-state index is 13.2. The average Bonchev–Trinajstić information content (AvgIpc) is 2.95. The normalized spacial score (nSPS) is 12.3. The van der Waals surface area contributed by atoms with Crippen LogP contribution in [-0.4, -0.2) is 55.2 Å². The molecule has 3 rings (SSSR count). The molecule has 1 heterocycles. The second kappa shape index (κ2) is 15.8. The van der Waals surface area contributed by atoms with Crippen molar-refractivity contribution in [3.63, 3.8) is 0 Å². The third-order valence-electron chi connectivity index (χ3n) is 6.73. The van der Waals surface area contributed by atoms with E-state index >= 15 is 0 Å². The van der Waals surface area contributed by atoms with Crippen molar-refractivity contribution in [2.45, 2.75) is 57.4 Å². The number of anilines is 1. The Morgan fingerprint density at radius 2 is 1.71 bits per heavy atom. The van der Waals surface area contributed by atoms with E-state index in [-0.39, 0.29) is 22.6 Å². The molecule has 0 bridgehead atoms. The lowest BCUT2D eigenvalue weighted by Crippen LogP contribution is -2.48. The summed E-state index contributed by atoms with van der Waals surface area (Å²) in [5.41, 5.74) is 8.14. The molecule has 0 fully saturated rings. The molecule has 0 saturated heterocycles. The number of carbonyl (C=O) groups excluding carboxylic acids is 2. The van der Waals surface area contributed by atoms with E-state index in [9.17, 15) is 18.0 Å². The number of pyridine rings is 1. The molecule has 4 N–H and O–H groups in total. The number of rotatable bonds is 15. The summed E-state index contributed by atoms with van der Waals surface area (Å²) in [5.74, 6) is -0.478. The molecule has 226 valence electrons. The summed E-state index contributed by atoms with van der Waals surface area (Å²) in [5, 5.41) is 5.82. The van der Waals surface area contributed by atoms with Crippen LogP contribution in [0.2, 0.25) is 0 Å². The van der Waals surface area contributed by atoms with Crippen molar-refractivity contribution in [3.8, 4) is 0 Å². The number of nitrogens with two attached hydrogens (primary N) is 1. The van der Waals surface area contributed by atoms with Crippen molar-refractivity contribution in [1.82, 2.24) is 19.9 Å². The van der Waals surface area contributed by atoms with Crippen LogP contribution in [0.1, 0.15) is 54.7 Å². The Labute approximate surface area is 257 Å². The molecular formula is C31H40BrN5O4S. The van der Waals surface area contributed by atoms with Crippen molar-refractivity contribution >= 4 is 43.5 Å². The first-order valence-corrected chi connectivity index (χ1v) is 16.3. The van der Waals surface area contributed by atoms with E-state index in [1.165, 1.54) is 16.4 Å². The van der Waals surface area contributed by atoms with E-state index < -0.39 is 16.1 Å². The Hall–Kier alpha value is -3.28. The van der Waals surface area contributed by atoms with Crippen molar-refractivity contribution in [2.24, 2.45) is 5.92 Å². The molecule has 3 aromatic rings. The van der Waals surface area contributed by atoms with E-state index in [1.54, 1.807) is 37.4 Å². The van der Waals surface area contributed by atoms with Crippen molar-refractivity contribution < 1.29 is 18.0 Å². The summed E-state index contributed by atoms with van der Waals surface area (Å²) in [7, 11) is -3.64. The number of hydrogen-bond donors (Lipinski definition) is 3. The highest BCUT2D eigenvalue weighted by Crippen LogP contribution is 2.20. The van der Waals surface area contributed by atoms with E-state index in [4.69, 9.17) is 5.73 Å². The lowest BCUT2D eigenvalue weighted by molar-refractivity contribution is -0.122. The van der Waals surface area contributed by atoms with Crippen molar-refractivity contribution in [2.75, 3.05) is 25.4 Å². The summed E-state index contributed by atoms with van der Waals surface area (Å²) in [6.07, 6.45) is 3.97. The van der Waals surface area contributed by atoms with Crippen molar-refractivity contribution in [1.29, 1.82) is 0 Å². The average molecular weight is 659 g/mol. The number of nitrogens with one attached hydrogen (secondary N) is 2. The zero-order valence-corrected chi connectivity index (χ0v) is 26.7. The molecule has 0 spiro atoms. The van der Waals surface area contributed by atoms with Crippen LogP contribution < -0.4 is 16.4 Å². The predicted octanol–water partition coefficient (Wildman–Crippen LogP) is 4.71. The topological polar surface area (TPSA) is 134 Å². The number of nitrogens with zero attached hydrogens (tertiary/aromatic N) is 2. The quantitative estimate of drug-likeness (QED) is 0.160. The zero-order valence-electron chi connectivity index (χ0n) is 24.3. The van der Waals surface area contributed by atoms with Gasteiger partial charge in [-0.15, -0.1) is 0 Å². The third kappa shape index (κ3) is 9.64. The molecule has 2 aromatic carbocycles. The fraction of sp³-hybridized carbons (Fsp3) is 0.387. The summed E-state index contributed by atoms with van der Waals surface area (Å²) in [6, 6.07) is 16.4. The molecule has 9 nitrogen and oxygen atoms in total. The molecule has 1 atom stereocenters. The number of benzene rings is 2. The number of carbonyl (C=O) groups is 2. The number of hydrogen-bond acceptors (Lipinski definition) is 6. The van der Waals surface area contributed by atoms with Crippen LogP contribution in [-0.2, 0) is 21.2 Å². The van der Waals surface area contributed by atoms with Gasteiger partial charge in [-0.1, -0.05) is 54.4 Å². The van der Waals surface area contributed by atoms with Crippen LogP contribution in [0.5, 0.6) is 0 Å². The third-order valence-corrected chi connectivity index (χ3v) is 9.38. The minimum Gasteiger partial charge on any atom is -0.399 e. The number of halogens is 1. The molecular weight excluding hydrogens is 618 g/mol.